The van der Waals surface area contributed by atoms with Gasteiger partial charge in [0.15, 0.2) is 0 Å². The first kappa shape index (κ1) is 33.7. The van der Waals surface area contributed by atoms with Gasteiger partial charge in [0.2, 0.25) is 0 Å². The van der Waals surface area contributed by atoms with Gasteiger partial charge in [-0.15, -0.1) is 11.3 Å². The molecule has 0 fully saturated rings. The number of fused-ring (bicyclic) bond motifs is 13. The molecule has 0 amide bonds. The highest BCUT2D eigenvalue weighted by molar-refractivity contribution is 7.26. The lowest BCUT2D eigenvalue weighted by Crippen LogP contribution is -2.16. The molecule has 0 aliphatic heterocycles. The topological polar surface area (TPSA) is 16.4 Å². The highest BCUT2D eigenvalue weighted by Gasteiger charge is 2.36. The Hall–Kier alpha value is -7.20. The Labute approximate surface area is 351 Å². The summed E-state index contributed by atoms with van der Waals surface area (Å²) in [6, 6.07) is 69.4. The van der Waals surface area contributed by atoms with Gasteiger partial charge in [0.05, 0.1) is 5.69 Å². The maximum absolute atomic E-state index is 7.05. The minimum atomic E-state index is -0.140. The average molecular weight is 784 g/mol. The van der Waals surface area contributed by atoms with Crippen molar-refractivity contribution in [1.29, 1.82) is 0 Å². The first-order valence-corrected chi connectivity index (χ1v) is 21.6. The number of benzene rings is 10. The highest BCUT2D eigenvalue weighted by atomic mass is 32.1. The van der Waals surface area contributed by atoms with E-state index in [9.17, 15) is 0 Å². The van der Waals surface area contributed by atoms with E-state index in [1.807, 2.05) is 11.3 Å². The van der Waals surface area contributed by atoms with Gasteiger partial charge in [0, 0.05) is 64.2 Å². The highest BCUT2D eigenvalue weighted by Crippen LogP contribution is 2.52. The Bertz CT molecular complexity index is 3770. The standard InChI is InChI=1S/C57H37NOS/c1-57(2)49-24-11-9-19-41(49)42-28-26-37(33-50(42)57)58(51-31-35-15-3-5-16-38(35)40-18-7-8-20-43(40)51)36-27-29-52-47(32-36)48-30-34-14-4-6-17-39(34)54(55(48)59-52)46-23-13-22-45-44-21-10-12-25-53(44)60-56(45)46/h3-33H,1-2H3. The molecule has 60 heavy (non-hydrogen) atoms. The van der Waals surface area contributed by atoms with E-state index in [4.69, 9.17) is 4.42 Å². The first-order chi connectivity index (χ1) is 29.5. The summed E-state index contributed by atoms with van der Waals surface area (Å²) in [5, 5.41) is 12.1. The quantitative estimate of drug-likeness (QED) is 0.165. The smallest absolute Gasteiger partial charge is 0.143 e. The summed E-state index contributed by atoms with van der Waals surface area (Å²) >= 11 is 1.87. The van der Waals surface area contributed by atoms with Crippen molar-refractivity contribution in [1.82, 2.24) is 0 Å². The van der Waals surface area contributed by atoms with E-state index in [2.05, 4.69) is 207 Å². The monoisotopic (exact) mass is 783 g/mol. The first-order valence-electron chi connectivity index (χ1n) is 20.7. The van der Waals surface area contributed by atoms with Crippen molar-refractivity contribution in [2.45, 2.75) is 19.3 Å². The number of nitrogens with zero attached hydrogens (tertiary/aromatic N) is 1. The molecule has 0 bridgehead atoms. The molecule has 2 aromatic heterocycles. The zero-order valence-electron chi connectivity index (χ0n) is 33.2. The number of furan rings is 1. The van der Waals surface area contributed by atoms with E-state index in [0.717, 1.165) is 44.6 Å². The molecule has 2 nitrogen and oxygen atoms in total. The second kappa shape index (κ2) is 12.4. The molecular formula is C57H37NOS. The van der Waals surface area contributed by atoms with Gasteiger partial charge < -0.3 is 9.32 Å². The zero-order valence-corrected chi connectivity index (χ0v) is 34.0. The summed E-state index contributed by atoms with van der Waals surface area (Å²) in [6.07, 6.45) is 0. The molecule has 0 atom stereocenters. The van der Waals surface area contributed by atoms with E-state index >= 15 is 0 Å². The van der Waals surface area contributed by atoms with Crippen LogP contribution in [0.4, 0.5) is 17.1 Å². The zero-order chi connectivity index (χ0) is 39.7. The molecule has 3 heteroatoms. The summed E-state index contributed by atoms with van der Waals surface area (Å²) in [5.41, 5.74) is 12.7. The van der Waals surface area contributed by atoms with Crippen LogP contribution in [0.15, 0.2) is 192 Å². The molecule has 0 spiro atoms. The van der Waals surface area contributed by atoms with Crippen LogP contribution < -0.4 is 4.90 Å². The van der Waals surface area contributed by atoms with Crippen molar-refractivity contribution in [2.24, 2.45) is 0 Å². The average Bonchev–Trinajstić information content (AvgIpc) is 3.93. The lowest BCUT2D eigenvalue weighted by atomic mass is 9.82. The van der Waals surface area contributed by atoms with E-state index < -0.39 is 0 Å². The SMILES string of the molecule is CC1(C)c2ccccc2-c2ccc(N(c3ccc4oc5c(-c6cccc7c6sc6ccccc67)c6ccccc6cc5c4c3)c3cc4ccccc4c4ccccc34)cc21. The van der Waals surface area contributed by atoms with Crippen LogP contribution in [-0.4, -0.2) is 0 Å². The minimum absolute atomic E-state index is 0.140. The van der Waals surface area contributed by atoms with Gasteiger partial charge in [-0.3, -0.25) is 0 Å². The lowest BCUT2D eigenvalue weighted by molar-refractivity contribution is 0.660. The second-order valence-electron chi connectivity index (χ2n) is 16.8. The van der Waals surface area contributed by atoms with Gasteiger partial charge in [-0.25, -0.2) is 0 Å². The fourth-order valence-corrected chi connectivity index (χ4v) is 11.6. The molecule has 1 aliphatic rings. The van der Waals surface area contributed by atoms with Crippen LogP contribution in [0.2, 0.25) is 0 Å². The van der Waals surface area contributed by atoms with Gasteiger partial charge in [-0.05, 0) is 97.7 Å². The summed E-state index contributed by atoms with van der Waals surface area (Å²) in [4.78, 5) is 2.48. The van der Waals surface area contributed by atoms with Gasteiger partial charge >= 0.3 is 0 Å². The fourth-order valence-electron chi connectivity index (χ4n) is 10.4. The third kappa shape index (κ3) is 4.70. The normalized spacial score (nSPS) is 13.3. The van der Waals surface area contributed by atoms with Crippen LogP contribution in [0, 0.1) is 0 Å². The summed E-state index contributed by atoms with van der Waals surface area (Å²) in [6.45, 7) is 4.73. The van der Waals surface area contributed by atoms with Crippen molar-refractivity contribution in [3.63, 3.8) is 0 Å². The van der Waals surface area contributed by atoms with Crippen molar-refractivity contribution < 1.29 is 4.42 Å². The van der Waals surface area contributed by atoms with E-state index in [1.165, 1.54) is 80.3 Å². The van der Waals surface area contributed by atoms with Crippen LogP contribution in [-0.2, 0) is 5.41 Å². The van der Waals surface area contributed by atoms with Crippen LogP contribution in [0.3, 0.4) is 0 Å². The number of hydrogen-bond donors (Lipinski definition) is 0. The van der Waals surface area contributed by atoms with Crippen molar-refractivity contribution in [3.05, 3.63) is 199 Å². The molecule has 1 aliphatic carbocycles. The van der Waals surface area contributed by atoms with Crippen molar-refractivity contribution >= 4 is 103 Å². The molecule has 282 valence electrons. The maximum atomic E-state index is 7.05. The Kier molecular flexibility index (Phi) is 6.98. The summed E-state index contributed by atoms with van der Waals surface area (Å²) < 4.78 is 9.64. The summed E-state index contributed by atoms with van der Waals surface area (Å²) in [5.74, 6) is 0. The Morgan fingerprint density at radius 2 is 1.07 bits per heavy atom. The van der Waals surface area contributed by atoms with Crippen LogP contribution in [0.25, 0.3) is 96.7 Å². The fraction of sp³-hybridized carbons (Fsp3) is 0.0526. The van der Waals surface area contributed by atoms with Gasteiger partial charge in [-0.1, -0.05) is 153 Å². The molecule has 0 radical (unpaired) electrons. The lowest BCUT2D eigenvalue weighted by Gasteiger charge is -2.29. The maximum Gasteiger partial charge on any atom is 0.143 e. The predicted molar refractivity (Wildman–Crippen MR) is 257 cm³/mol. The minimum Gasteiger partial charge on any atom is -0.455 e. The summed E-state index contributed by atoms with van der Waals surface area (Å²) in [7, 11) is 0. The molecule has 10 aromatic carbocycles. The predicted octanol–water partition coefficient (Wildman–Crippen LogP) is 16.9. The molecule has 0 saturated carbocycles. The van der Waals surface area contributed by atoms with E-state index in [-0.39, 0.29) is 5.41 Å². The Balaban J connectivity index is 1.09. The molecule has 2 heterocycles. The molecule has 0 N–H and O–H groups in total. The number of hydrogen-bond acceptors (Lipinski definition) is 3. The second-order valence-corrected chi connectivity index (χ2v) is 17.9. The largest absolute Gasteiger partial charge is 0.455 e. The molecule has 0 unspecified atom stereocenters. The third-order valence-electron chi connectivity index (χ3n) is 13.2. The van der Waals surface area contributed by atoms with Crippen LogP contribution in [0.5, 0.6) is 0 Å². The van der Waals surface area contributed by atoms with Gasteiger partial charge in [0.1, 0.15) is 11.2 Å². The Morgan fingerprint density at radius 3 is 1.93 bits per heavy atom. The molecular weight excluding hydrogens is 747 g/mol. The van der Waals surface area contributed by atoms with Crippen molar-refractivity contribution in [3.8, 4) is 22.3 Å². The van der Waals surface area contributed by atoms with Crippen molar-refractivity contribution in [2.75, 3.05) is 4.90 Å². The third-order valence-corrected chi connectivity index (χ3v) is 14.4. The van der Waals surface area contributed by atoms with E-state index in [0.29, 0.717) is 0 Å². The van der Waals surface area contributed by atoms with Gasteiger partial charge in [-0.2, -0.15) is 0 Å². The van der Waals surface area contributed by atoms with Crippen LogP contribution >= 0.6 is 11.3 Å². The van der Waals surface area contributed by atoms with Gasteiger partial charge in [0.25, 0.3) is 0 Å². The van der Waals surface area contributed by atoms with Crippen LogP contribution in [0.1, 0.15) is 25.0 Å². The molecule has 0 saturated heterocycles. The number of rotatable bonds is 4. The number of anilines is 3. The Morgan fingerprint density at radius 1 is 0.433 bits per heavy atom. The molecule has 13 rings (SSSR count). The number of thiophene rings is 1. The molecule has 12 aromatic rings. The van der Waals surface area contributed by atoms with E-state index in [1.54, 1.807) is 0 Å².